The molecule has 0 rings (SSSR count). The van der Waals surface area contributed by atoms with Gasteiger partial charge in [0.05, 0.1) is 0 Å². The van der Waals surface area contributed by atoms with Crippen LogP contribution in [0.4, 0.5) is 0 Å². The fourth-order valence-electron chi connectivity index (χ4n) is 0.319. The Kier molecular flexibility index (Phi) is 3.98. The van der Waals surface area contributed by atoms with E-state index in [0.29, 0.717) is 6.42 Å². The normalized spacial score (nSPS) is 9.88. The van der Waals surface area contributed by atoms with Gasteiger partial charge in [0.1, 0.15) is 0 Å². The van der Waals surface area contributed by atoms with Crippen molar-refractivity contribution in [3.8, 4) is 0 Å². The van der Waals surface area contributed by atoms with Crippen molar-refractivity contribution in [3.05, 3.63) is 0 Å². The summed E-state index contributed by atoms with van der Waals surface area (Å²) in [4.78, 5) is 9.93. The molecule has 8 heavy (non-hydrogen) atoms. The fourth-order valence-corrected chi connectivity index (χ4v) is 1.66. The Morgan fingerprint density at radius 1 is 1.62 bits per heavy atom. The van der Waals surface area contributed by atoms with Crippen LogP contribution in [0.1, 0.15) is 6.42 Å². The molecule has 0 heterocycles. The average Bonchev–Trinajstić information content (AvgIpc) is 1.61. The van der Waals surface area contributed by atoms with Gasteiger partial charge in [0, 0.05) is 0 Å². The zero-order valence-electron chi connectivity index (χ0n) is 5.22. The standard InChI is InChI=1S/C5H11AsO2/c1-6(2)4-3-5(7)8/h3-4H2,1-2H3,(H,7,8). The average molecular weight is 178 g/mol. The summed E-state index contributed by atoms with van der Waals surface area (Å²) in [5.41, 5.74) is 4.33. The summed E-state index contributed by atoms with van der Waals surface area (Å²) in [5, 5.41) is 9.12. The molecule has 0 amide bonds. The van der Waals surface area contributed by atoms with Crippen molar-refractivity contribution in [3.63, 3.8) is 0 Å². The molecule has 1 N–H and O–H groups in total. The van der Waals surface area contributed by atoms with Gasteiger partial charge in [-0.1, -0.05) is 0 Å². The number of carboxylic acid groups (broad SMARTS) is 1. The van der Waals surface area contributed by atoms with Crippen LogP contribution in [0, 0.1) is 0 Å². The maximum atomic E-state index is 9.93. The van der Waals surface area contributed by atoms with Crippen LogP contribution in [0.15, 0.2) is 0 Å². The number of rotatable bonds is 3. The zero-order valence-corrected chi connectivity index (χ0v) is 7.09. The van der Waals surface area contributed by atoms with Gasteiger partial charge in [-0.3, -0.25) is 0 Å². The van der Waals surface area contributed by atoms with Gasteiger partial charge in [0.25, 0.3) is 0 Å². The molecule has 0 aliphatic carbocycles. The summed E-state index contributed by atoms with van der Waals surface area (Å²) >= 11 is -0.663. The van der Waals surface area contributed by atoms with Crippen LogP contribution >= 0.6 is 0 Å². The number of hydrogen-bond acceptors (Lipinski definition) is 1. The molecular formula is C5H11AsO2. The number of carboxylic acids is 1. The second-order valence-corrected chi connectivity index (χ2v) is 7.42. The minimum atomic E-state index is -0.663. The van der Waals surface area contributed by atoms with Crippen LogP contribution in [-0.4, -0.2) is 25.7 Å². The van der Waals surface area contributed by atoms with Crippen molar-refractivity contribution >= 4 is 20.6 Å². The Morgan fingerprint density at radius 2 is 2.12 bits per heavy atom. The predicted octanol–water partition coefficient (Wildman–Crippen LogP) is 1.22. The summed E-state index contributed by atoms with van der Waals surface area (Å²) in [7, 11) is 0. The second kappa shape index (κ2) is 3.96. The van der Waals surface area contributed by atoms with Crippen LogP contribution in [-0.2, 0) is 4.79 Å². The Bertz CT molecular complexity index is 80.5. The van der Waals surface area contributed by atoms with E-state index in [0.717, 1.165) is 5.21 Å². The molecule has 0 bridgehead atoms. The third kappa shape index (κ3) is 6.03. The van der Waals surface area contributed by atoms with Crippen molar-refractivity contribution in [2.24, 2.45) is 0 Å². The molecule has 0 saturated heterocycles. The Balaban J connectivity index is 3.05. The van der Waals surface area contributed by atoms with Crippen LogP contribution < -0.4 is 0 Å². The molecule has 0 fully saturated rings. The van der Waals surface area contributed by atoms with E-state index in [9.17, 15) is 4.79 Å². The topological polar surface area (TPSA) is 37.3 Å². The number of carbonyl (C=O) groups is 1. The molecule has 2 nitrogen and oxygen atoms in total. The molecule has 0 saturated carbocycles. The van der Waals surface area contributed by atoms with Crippen molar-refractivity contribution < 1.29 is 9.90 Å². The zero-order chi connectivity index (χ0) is 6.57. The van der Waals surface area contributed by atoms with Gasteiger partial charge in [-0.05, 0) is 0 Å². The molecule has 0 aromatic carbocycles. The Morgan fingerprint density at radius 3 is 2.25 bits per heavy atom. The van der Waals surface area contributed by atoms with E-state index in [1.807, 2.05) is 0 Å². The predicted molar refractivity (Wildman–Crippen MR) is 34.5 cm³/mol. The van der Waals surface area contributed by atoms with E-state index in [4.69, 9.17) is 5.11 Å². The van der Waals surface area contributed by atoms with Gasteiger partial charge in [0.15, 0.2) is 0 Å². The first-order valence-corrected chi connectivity index (χ1v) is 7.57. The molecule has 0 atom stereocenters. The van der Waals surface area contributed by atoms with E-state index < -0.39 is 20.6 Å². The maximum absolute atomic E-state index is 9.93. The van der Waals surface area contributed by atoms with Crippen molar-refractivity contribution in [1.29, 1.82) is 0 Å². The first kappa shape index (κ1) is 8.03. The minimum absolute atomic E-state index is 0.368. The van der Waals surface area contributed by atoms with Gasteiger partial charge >= 0.3 is 53.6 Å². The van der Waals surface area contributed by atoms with E-state index in [1.54, 1.807) is 0 Å². The van der Waals surface area contributed by atoms with Crippen molar-refractivity contribution in [2.75, 3.05) is 0 Å². The quantitative estimate of drug-likeness (QED) is 0.659. The van der Waals surface area contributed by atoms with Crippen LogP contribution in [0.25, 0.3) is 0 Å². The summed E-state index contributed by atoms with van der Waals surface area (Å²) in [6, 6.07) is 0. The van der Waals surface area contributed by atoms with E-state index in [1.165, 1.54) is 0 Å². The second-order valence-electron chi connectivity index (χ2n) is 1.95. The summed E-state index contributed by atoms with van der Waals surface area (Å²) in [5.74, 6) is -0.659. The first-order chi connectivity index (χ1) is 3.63. The molecular weight excluding hydrogens is 167 g/mol. The Labute approximate surface area is 54.2 Å². The third-order valence-corrected chi connectivity index (χ3v) is 3.12. The summed E-state index contributed by atoms with van der Waals surface area (Å²) in [6.07, 6.45) is 0.368. The Hall–Kier alpha value is 0.0284. The molecule has 0 unspecified atom stereocenters. The molecule has 0 spiro atoms. The molecule has 0 aliphatic heterocycles. The molecule has 3 heteroatoms. The van der Waals surface area contributed by atoms with E-state index in [2.05, 4.69) is 11.4 Å². The molecule has 0 radical (unpaired) electrons. The molecule has 0 aromatic heterocycles. The third-order valence-electron chi connectivity index (χ3n) is 0.773. The van der Waals surface area contributed by atoms with Gasteiger partial charge in [0.2, 0.25) is 0 Å². The fraction of sp³-hybridized carbons (Fsp3) is 0.800. The molecule has 0 aliphatic rings. The van der Waals surface area contributed by atoms with Crippen LogP contribution in [0.5, 0.6) is 0 Å². The molecule has 48 valence electrons. The van der Waals surface area contributed by atoms with Gasteiger partial charge in [-0.2, -0.15) is 0 Å². The first-order valence-electron chi connectivity index (χ1n) is 2.49. The summed E-state index contributed by atoms with van der Waals surface area (Å²) in [6.45, 7) is 0. The van der Waals surface area contributed by atoms with Crippen LogP contribution in [0.2, 0.25) is 16.6 Å². The van der Waals surface area contributed by atoms with Crippen LogP contribution in [0.3, 0.4) is 0 Å². The number of aliphatic carboxylic acids is 1. The van der Waals surface area contributed by atoms with Gasteiger partial charge < -0.3 is 0 Å². The monoisotopic (exact) mass is 178 g/mol. The van der Waals surface area contributed by atoms with Gasteiger partial charge in [-0.25, -0.2) is 0 Å². The summed E-state index contributed by atoms with van der Waals surface area (Å²) < 4.78 is 0. The van der Waals surface area contributed by atoms with E-state index >= 15 is 0 Å². The van der Waals surface area contributed by atoms with Crippen molar-refractivity contribution in [2.45, 2.75) is 23.1 Å². The SMILES string of the molecule is C[As](C)CCC(=O)O. The van der Waals surface area contributed by atoms with E-state index in [-0.39, 0.29) is 0 Å². The number of hydrogen-bond donors (Lipinski definition) is 1. The van der Waals surface area contributed by atoms with Gasteiger partial charge in [-0.15, -0.1) is 0 Å². The van der Waals surface area contributed by atoms with Crippen molar-refractivity contribution in [1.82, 2.24) is 0 Å². The molecule has 0 aromatic rings.